The zero-order chi connectivity index (χ0) is 15.5. The predicted octanol–water partition coefficient (Wildman–Crippen LogP) is 4.01. The molecule has 22 heavy (non-hydrogen) atoms. The van der Waals surface area contributed by atoms with Crippen LogP contribution in [0.15, 0.2) is 12.1 Å². The highest BCUT2D eigenvalue weighted by molar-refractivity contribution is 5.56. The first-order valence-corrected chi connectivity index (χ1v) is 7.59. The zero-order valence-electron chi connectivity index (χ0n) is 11.9. The fourth-order valence-electron chi connectivity index (χ4n) is 3.85. The molecule has 1 unspecified atom stereocenters. The minimum absolute atomic E-state index is 0.0375. The number of benzene rings is 1. The second-order valence-corrected chi connectivity index (χ2v) is 6.22. The molecular formula is C16H16F4O2. The molecule has 1 atom stereocenters. The monoisotopic (exact) mass is 316 g/mol. The van der Waals surface area contributed by atoms with Crippen molar-refractivity contribution in [3.05, 3.63) is 28.8 Å². The molecule has 2 nitrogen and oxygen atoms in total. The van der Waals surface area contributed by atoms with Crippen LogP contribution in [0.25, 0.3) is 0 Å². The molecule has 1 aromatic rings. The van der Waals surface area contributed by atoms with Crippen molar-refractivity contribution in [3.8, 4) is 5.75 Å². The Morgan fingerprint density at radius 3 is 2.50 bits per heavy atom. The molecule has 0 spiro atoms. The van der Waals surface area contributed by atoms with Gasteiger partial charge in [0.05, 0.1) is 19.1 Å². The molecule has 4 rings (SSSR count). The largest absolute Gasteiger partial charge is 0.490 e. The minimum Gasteiger partial charge on any atom is -0.490 e. The summed E-state index contributed by atoms with van der Waals surface area (Å²) >= 11 is 0. The smallest absolute Gasteiger partial charge is 0.336 e. The zero-order valence-corrected chi connectivity index (χ0v) is 11.9. The second kappa shape index (κ2) is 4.60. The Bertz CT molecular complexity index is 608. The summed E-state index contributed by atoms with van der Waals surface area (Å²) < 4.78 is 67.1. The average molecular weight is 316 g/mol. The molecule has 2 aliphatic carbocycles. The van der Waals surface area contributed by atoms with Gasteiger partial charge in [-0.1, -0.05) is 0 Å². The molecule has 120 valence electrons. The molecule has 0 N–H and O–H groups in total. The van der Waals surface area contributed by atoms with Gasteiger partial charge in [-0.2, -0.15) is 17.6 Å². The lowest BCUT2D eigenvalue weighted by Gasteiger charge is -2.25. The average Bonchev–Trinajstić information content (AvgIpc) is 2.99. The topological polar surface area (TPSA) is 18.5 Å². The molecule has 1 heterocycles. The second-order valence-electron chi connectivity index (χ2n) is 6.22. The third kappa shape index (κ3) is 1.76. The van der Waals surface area contributed by atoms with E-state index in [9.17, 15) is 17.6 Å². The maximum absolute atomic E-state index is 14.0. The highest BCUT2D eigenvalue weighted by Gasteiger charge is 2.69. The summed E-state index contributed by atoms with van der Waals surface area (Å²) in [6.07, 6.45) is 1.85. The van der Waals surface area contributed by atoms with Gasteiger partial charge in [0, 0.05) is 18.4 Å². The van der Waals surface area contributed by atoms with Crippen LogP contribution >= 0.6 is 0 Å². The van der Waals surface area contributed by atoms with Gasteiger partial charge < -0.3 is 9.47 Å². The molecule has 0 saturated carbocycles. The van der Waals surface area contributed by atoms with E-state index in [0.29, 0.717) is 30.9 Å². The number of hydrogen-bond acceptors (Lipinski definition) is 2. The highest BCUT2D eigenvalue weighted by atomic mass is 19.3. The van der Waals surface area contributed by atoms with E-state index in [4.69, 9.17) is 9.47 Å². The van der Waals surface area contributed by atoms with Gasteiger partial charge in [-0.05, 0) is 36.1 Å². The van der Waals surface area contributed by atoms with Crippen molar-refractivity contribution in [1.29, 1.82) is 0 Å². The molecular weight excluding hydrogens is 300 g/mol. The lowest BCUT2D eigenvalue weighted by atomic mass is 10.0. The summed E-state index contributed by atoms with van der Waals surface area (Å²) in [6.45, 7) is 1.20. The number of alkyl halides is 4. The SMILES string of the molecule is FC1(F)c2ccc(OC3CCOCC3)c3c2C(CC3)C1(F)F. The minimum atomic E-state index is -4.08. The van der Waals surface area contributed by atoms with Crippen LogP contribution in [0.3, 0.4) is 0 Å². The van der Waals surface area contributed by atoms with Crippen LogP contribution in [0.2, 0.25) is 0 Å². The summed E-state index contributed by atoms with van der Waals surface area (Å²) in [5, 5.41) is 0. The number of ether oxygens (including phenoxy) is 2. The van der Waals surface area contributed by atoms with E-state index >= 15 is 0 Å². The number of hydrogen-bond donors (Lipinski definition) is 0. The van der Waals surface area contributed by atoms with E-state index in [1.165, 1.54) is 6.07 Å². The van der Waals surface area contributed by atoms with Gasteiger partial charge in [0.15, 0.2) is 0 Å². The van der Waals surface area contributed by atoms with Crippen LogP contribution in [0.5, 0.6) is 5.75 Å². The first-order valence-electron chi connectivity index (χ1n) is 7.59. The molecule has 0 aromatic heterocycles. The van der Waals surface area contributed by atoms with Crippen molar-refractivity contribution in [1.82, 2.24) is 0 Å². The Morgan fingerprint density at radius 1 is 1.05 bits per heavy atom. The fraction of sp³-hybridized carbons (Fsp3) is 0.625. The summed E-state index contributed by atoms with van der Waals surface area (Å²) in [7, 11) is 0. The first-order chi connectivity index (χ1) is 10.4. The summed E-state index contributed by atoms with van der Waals surface area (Å²) in [5.41, 5.74) is 0.153. The standard InChI is InChI=1S/C16H16F4O2/c17-15(18)11-2-1-10-13(22-9-5-7-21-8-6-9)4-3-12(14(10)11)16(15,19)20/h3-4,9,11H,1-2,5-8H2. The maximum Gasteiger partial charge on any atom is 0.336 e. The van der Waals surface area contributed by atoms with Gasteiger partial charge >= 0.3 is 11.8 Å². The third-order valence-electron chi connectivity index (χ3n) is 5.00. The number of rotatable bonds is 2. The molecule has 0 radical (unpaired) electrons. The van der Waals surface area contributed by atoms with E-state index in [2.05, 4.69) is 0 Å². The molecule has 6 heteroatoms. The molecule has 0 bridgehead atoms. The Kier molecular flexibility index (Phi) is 2.99. The van der Waals surface area contributed by atoms with Gasteiger partial charge in [-0.25, -0.2) is 0 Å². The Morgan fingerprint density at radius 2 is 1.77 bits per heavy atom. The third-order valence-corrected chi connectivity index (χ3v) is 5.00. The quantitative estimate of drug-likeness (QED) is 0.768. The van der Waals surface area contributed by atoms with Gasteiger partial charge in [-0.3, -0.25) is 0 Å². The molecule has 1 saturated heterocycles. The molecule has 1 aliphatic heterocycles. The van der Waals surface area contributed by atoms with Crippen molar-refractivity contribution >= 4 is 0 Å². The van der Waals surface area contributed by atoms with Gasteiger partial charge in [0.2, 0.25) is 0 Å². The Balaban J connectivity index is 1.72. The number of halogens is 4. The highest BCUT2D eigenvalue weighted by Crippen LogP contribution is 2.63. The van der Waals surface area contributed by atoms with E-state index in [1.54, 1.807) is 0 Å². The first kappa shape index (κ1) is 14.3. The molecule has 1 aromatic carbocycles. The predicted molar refractivity (Wildman–Crippen MR) is 70.8 cm³/mol. The lowest BCUT2D eigenvalue weighted by molar-refractivity contribution is -0.215. The van der Waals surface area contributed by atoms with Crippen LogP contribution in [0.1, 0.15) is 41.9 Å². The molecule has 3 aliphatic rings. The molecule has 0 amide bonds. The lowest BCUT2D eigenvalue weighted by Crippen LogP contribution is -2.36. The van der Waals surface area contributed by atoms with Crippen molar-refractivity contribution in [3.63, 3.8) is 0 Å². The van der Waals surface area contributed by atoms with E-state index in [0.717, 1.165) is 18.9 Å². The van der Waals surface area contributed by atoms with E-state index in [-0.39, 0.29) is 18.1 Å². The van der Waals surface area contributed by atoms with Crippen molar-refractivity contribution in [2.24, 2.45) is 0 Å². The van der Waals surface area contributed by atoms with Gasteiger partial charge in [-0.15, -0.1) is 0 Å². The normalized spacial score (nSPS) is 28.6. The van der Waals surface area contributed by atoms with Gasteiger partial charge in [0.25, 0.3) is 0 Å². The van der Waals surface area contributed by atoms with Crippen LogP contribution in [0, 0.1) is 0 Å². The van der Waals surface area contributed by atoms with Crippen molar-refractivity contribution < 1.29 is 27.0 Å². The van der Waals surface area contributed by atoms with E-state index in [1.807, 2.05) is 0 Å². The van der Waals surface area contributed by atoms with Crippen LogP contribution in [-0.2, 0) is 17.1 Å². The summed E-state index contributed by atoms with van der Waals surface area (Å²) in [6, 6.07) is 2.55. The van der Waals surface area contributed by atoms with Crippen molar-refractivity contribution in [2.75, 3.05) is 13.2 Å². The van der Waals surface area contributed by atoms with Crippen LogP contribution < -0.4 is 4.74 Å². The Hall–Kier alpha value is -1.30. The van der Waals surface area contributed by atoms with E-state index < -0.39 is 23.3 Å². The van der Waals surface area contributed by atoms with Gasteiger partial charge in [0.1, 0.15) is 11.9 Å². The summed E-state index contributed by atoms with van der Waals surface area (Å²) in [4.78, 5) is 0. The fourth-order valence-corrected chi connectivity index (χ4v) is 3.85. The molecule has 1 fully saturated rings. The summed E-state index contributed by atoms with van der Waals surface area (Å²) in [5.74, 6) is -8.98. The van der Waals surface area contributed by atoms with Crippen LogP contribution in [0.4, 0.5) is 17.6 Å². The Labute approximate surface area is 125 Å². The maximum atomic E-state index is 14.0. The van der Waals surface area contributed by atoms with Crippen molar-refractivity contribution in [2.45, 2.75) is 49.6 Å². The van der Waals surface area contributed by atoms with Crippen LogP contribution in [-0.4, -0.2) is 25.2 Å².